The molecule has 0 bridgehead atoms. The van der Waals surface area contributed by atoms with Crippen molar-refractivity contribution in [1.82, 2.24) is 0 Å². The van der Waals surface area contributed by atoms with Gasteiger partial charge in [0.2, 0.25) is 0 Å². The Bertz CT molecular complexity index is 273. The number of carboxylic acids is 2. The van der Waals surface area contributed by atoms with Gasteiger partial charge >= 0.3 is 17.1 Å². The van der Waals surface area contributed by atoms with Gasteiger partial charge in [0.15, 0.2) is 0 Å². The van der Waals surface area contributed by atoms with E-state index < -0.39 is 33.5 Å². The third kappa shape index (κ3) is 11.6. The summed E-state index contributed by atoms with van der Waals surface area (Å²) < 4.78 is -1.42. The van der Waals surface area contributed by atoms with Gasteiger partial charge < -0.3 is 31.3 Å². The Morgan fingerprint density at radius 1 is 0.895 bits per heavy atom. The molecule has 19 heavy (non-hydrogen) atoms. The van der Waals surface area contributed by atoms with Crippen molar-refractivity contribution in [2.24, 2.45) is 11.5 Å². The second-order valence-electron chi connectivity index (χ2n) is 4.90. The van der Waals surface area contributed by atoms with Crippen LogP contribution in [0.4, 0.5) is 0 Å². The number of carbonyl (C=O) groups excluding carboxylic acids is 2. The number of nitrogens with two attached hydrogens (primary N) is 2. The summed E-state index contributed by atoms with van der Waals surface area (Å²) >= 11 is 7.89. The fourth-order valence-corrected chi connectivity index (χ4v) is 0.788. The Morgan fingerprint density at radius 3 is 1.05 bits per heavy atom. The van der Waals surface area contributed by atoms with Gasteiger partial charge in [0.25, 0.3) is 0 Å². The summed E-state index contributed by atoms with van der Waals surface area (Å²) in [5, 5.41) is 20.1. The predicted octanol–water partition coefficient (Wildman–Crippen LogP) is -2.46. The number of thiol groups is 2. The molecule has 0 aliphatic rings. The van der Waals surface area contributed by atoms with Gasteiger partial charge in [-0.2, -0.15) is 25.3 Å². The molecule has 6 nitrogen and oxygen atoms in total. The molecule has 0 fully saturated rings. The number of carbonyl (C=O) groups is 2. The quantitative estimate of drug-likeness (QED) is 0.328. The van der Waals surface area contributed by atoms with Crippen molar-refractivity contribution in [3.8, 4) is 0 Å². The van der Waals surface area contributed by atoms with E-state index in [1.807, 2.05) is 0 Å². The van der Waals surface area contributed by atoms with Crippen molar-refractivity contribution < 1.29 is 36.9 Å². The maximum absolute atomic E-state index is 10.1. The molecule has 0 aliphatic heterocycles. The smallest absolute Gasteiger partial charge is 0.548 e. The van der Waals surface area contributed by atoms with Gasteiger partial charge in [-0.05, 0) is 27.7 Å². The second-order valence-corrected chi connectivity index (χ2v) is 7.21. The predicted molar refractivity (Wildman–Crippen MR) is 72.1 cm³/mol. The van der Waals surface area contributed by atoms with Crippen molar-refractivity contribution in [3.05, 3.63) is 0 Å². The summed E-state index contributed by atoms with van der Waals surface area (Å²) in [7, 11) is 0. The second kappa shape index (κ2) is 9.10. The van der Waals surface area contributed by atoms with E-state index in [0.29, 0.717) is 0 Å². The van der Waals surface area contributed by atoms with E-state index in [9.17, 15) is 19.8 Å². The van der Waals surface area contributed by atoms with Crippen LogP contribution >= 0.6 is 25.3 Å². The molecule has 0 aromatic carbocycles. The number of carboxylic acid groups (broad SMARTS) is 2. The van der Waals surface area contributed by atoms with Crippen LogP contribution in [0.15, 0.2) is 0 Å². The first kappa shape index (κ1) is 24.1. The molecule has 0 saturated heterocycles. The SMILES string of the molecule is CC(C)(S)[C@H](N)C(=O)[O-].CC(C)(S)[C@H](N)C(=O)[O-].[Fe+2]. The molecule has 0 heterocycles. The van der Waals surface area contributed by atoms with Crippen molar-refractivity contribution in [1.29, 1.82) is 0 Å². The largest absolute Gasteiger partial charge is 2.00 e. The Morgan fingerprint density at radius 2 is 1.05 bits per heavy atom. The standard InChI is InChI=1S/2C5H11NO2S.Fe/c2*1-5(2,9)3(6)4(7)8;/h2*3,9H,6H2,1-2H3,(H,7,8);/q;;+2/p-2/t2*3-;/m11./s1. The van der Waals surface area contributed by atoms with Crippen LogP contribution in [0.1, 0.15) is 27.7 Å². The topological polar surface area (TPSA) is 132 Å². The summed E-state index contributed by atoms with van der Waals surface area (Å²) in [4.78, 5) is 20.1. The van der Waals surface area contributed by atoms with E-state index in [0.717, 1.165) is 0 Å². The van der Waals surface area contributed by atoms with Crippen LogP contribution in [0.3, 0.4) is 0 Å². The summed E-state index contributed by atoms with van der Waals surface area (Å²) in [5.74, 6) is -2.54. The molecular weight excluding hydrogens is 332 g/mol. The monoisotopic (exact) mass is 352 g/mol. The van der Waals surface area contributed by atoms with E-state index in [2.05, 4.69) is 25.3 Å². The minimum absolute atomic E-state index is 0. The summed E-state index contributed by atoms with van der Waals surface area (Å²) in [5.41, 5.74) is 10.3. The first-order chi connectivity index (χ1) is 7.71. The van der Waals surface area contributed by atoms with Crippen molar-refractivity contribution in [2.45, 2.75) is 49.3 Å². The van der Waals surface area contributed by atoms with E-state index >= 15 is 0 Å². The van der Waals surface area contributed by atoms with Crippen molar-refractivity contribution >= 4 is 37.2 Å². The third-order valence-corrected chi connectivity index (χ3v) is 2.59. The zero-order chi connectivity index (χ0) is 15.3. The molecule has 0 radical (unpaired) electrons. The van der Waals surface area contributed by atoms with Crippen molar-refractivity contribution in [3.63, 3.8) is 0 Å². The van der Waals surface area contributed by atoms with Crippen LogP contribution in [0.5, 0.6) is 0 Å². The van der Waals surface area contributed by atoms with Gasteiger partial charge in [0.1, 0.15) is 0 Å². The molecule has 0 saturated carbocycles. The summed E-state index contributed by atoms with van der Waals surface area (Å²) in [6.07, 6.45) is 0. The molecular formula is C10H20FeN2O4S2. The third-order valence-electron chi connectivity index (χ3n) is 2.03. The molecule has 9 heteroatoms. The van der Waals surface area contributed by atoms with E-state index in [1.165, 1.54) is 0 Å². The summed E-state index contributed by atoms with van der Waals surface area (Å²) in [6, 6.07) is -2.03. The van der Waals surface area contributed by atoms with Crippen LogP contribution in [0, 0.1) is 0 Å². The molecule has 114 valence electrons. The average molecular weight is 352 g/mol. The summed E-state index contributed by atoms with van der Waals surface area (Å²) in [6.45, 7) is 6.49. The number of hydrogen-bond acceptors (Lipinski definition) is 8. The van der Waals surface area contributed by atoms with Gasteiger partial charge in [-0.25, -0.2) is 0 Å². The Balaban J connectivity index is -0.000000256. The minimum atomic E-state index is -1.27. The van der Waals surface area contributed by atoms with E-state index in [1.54, 1.807) is 27.7 Å². The Labute approximate surface area is 135 Å². The van der Waals surface area contributed by atoms with Crippen LogP contribution in [0.25, 0.3) is 0 Å². The maximum atomic E-state index is 10.1. The zero-order valence-electron chi connectivity index (χ0n) is 11.2. The van der Waals surface area contributed by atoms with Gasteiger partial charge in [-0.15, -0.1) is 0 Å². The average Bonchev–Trinajstić information content (AvgIpc) is 2.13. The van der Waals surface area contributed by atoms with E-state index in [4.69, 9.17) is 11.5 Å². The maximum Gasteiger partial charge on any atom is 2.00 e. The number of rotatable bonds is 4. The van der Waals surface area contributed by atoms with Gasteiger partial charge in [-0.3, -0.25) is 0 Å². The fourth-order valence-electron chi connectivity index (χ4n) is 0.577. The van der Waals surface area contributed by atoms with Crippen LogP contribution < -0.4 is 21.7 Å². The van der Waals surface area contributed by atoms with Crippen LogP contribution in [-0.4, -0.2) is 33.5 Å². The first-order valence-electron chi connectivity index (χ1n) is 5.09. The molecule has 0 spiro atoms. The Hall–Kier alpha value is 0.0795. The van der Waals surface area contributed by atoms with Crippen molar-refractivity contribution in [2.75, 3.05) is 0 Å². The van der Waals surface area contributed by atoms with Crippen LogP contribution in [0.2, 0.25) is 0 Å². The minimum Gasteiger partial charge on any atom is -0.548 e. The Kier molecular flexibility index (Phi) is 11.5. The number of hydrogen-bond donors (Lipinski definition) is 4. The molecule has 0 aliphatic carbocycles. The molecule has 0 aromatic heterocycles. The van der Waals surface area contributed by atoms with E-state index in [-0.39, 0.29) is 17.1 Å². The zero-order valence-corrected chi connectivity index (χ0v) is 14.1. The normalized spacial score (nSPS) is 14.3. The molecule has 0 amide bonds. The molecule has 4 N–H and O–H groups in total. The van der Waals surface area contributed by atoms with Gasteiger partial charge in [-0.1, -0.05) is 0 Å². The fraction of sp³-hybridized carbons (Fsp3) is 0.800. The molecule has 0 rings (SSSR count). The molecule has 0 unspecified atom stereocenters. The van der Waals surface area contributed by atoms with Gasteiger partial charge in [0.05, 0.1) is 24.0 Å². The molecule has 2 atom stereocenters. The van der Waals surface area contributed by atoms with Crippen LogP contribution in [-0.2, 0) is 26.7 Å². The molecule has 0 aromatic rings. The van der Waals surface area contributed by atoms with Gasteiger partial charge in [0, 0.05) is 9.49 Å². The number of aliphatic carboxylic acids is 2. The first-order valence-corrected chi connectivity index (χ1v) is 5.98.